The first-order valence-electron chi connectivity index (χ1n) is 9.28. The van der Waals surface area contributed by atoms with Crippen molar-refractivity contribution in [2.75, 3.05) is 0 Å². The molecule has 1 aromatic heterocycles. The number of hydrogen-bond acceptors (Lipinski definition) is 3. The Hall–Kier alpha value is -1.72. The number of rotatable bonds is 4. The number of nitrogens with one attached hydrogen (secondary N) is 2. The molecule has 4 aliphatic carbocycles. The highest BCUT2D eigenvalue weighted by atomic mass is 19.1. The molecular weight excluding hydrogens is 317 g/mol. The molecule has 3 N–H and O–H groups in total. The van der Waals surface area contributed by atoms with Crippen LogP contribution in [-0.2, 0) is 6.54 Å². The maximum absolute atomic E-state index is 13.2. The van der Waals surface area contributed by atoms with E-state index in [9.17, 15) is 9.50 Å². The lowest BCUT2D eigenvalue weighted by Gasteiger charge is -2.60. The van der Waals surface area contributed by atoms with Crippen LogP contribution in [0.4, 0.5) is 4.39 Å². The molecule has 2 atom stereocenters. The predicted octanol–water partition coefficient (Wildman–Crippen LogP) is 3.39. The van der Waals surface area contributed by atoms with E-state index in [2.05, 4.69) is 15.5 Å². The lowest BCUT2D eigenvalue weighted by atomic mass is 9.51. The highest BCUT2D eigenvalue weighted by molar-refractivity contribution is 5.62. The molecule has 0 spiro atoms. The van der Waals surface area contributed by atoms with Crippen molar-refractivity contribution in [3.8, 4) is 11.3 Å². The molecule has 4 bridgehead atoms. The van der Waals surface area contributed by atoms with Crippen LogP contribution < -0.4 is 5.32 Å². The molecule has 4 saturated carbocycles. The molecule has 5 heteroatoms. The molecule has 6 rings (SSSR count). The number of halogens is 1. The van der Waals surface area contributed by atoms with Gasteiger partial charge in [0, 0.05) is 23.2 Å². The van der Waals surface area contributed by atoms with Gasteiger partial charge in [0.05, 0.1) is 17.5 Å². The van der Waals surface area contributed by atoms with E-state index >= 15 is 0 Å². The molecule has 1 aromatic carbocycles. The molecule has 1 heterocycles. The average Bonchev–Trinajstić information content (AvgIpc) is 3.00. The van der Waals surface area contributed by atoms with Gasteiger partial charge >= 0.3 is 0 Å². The van der Waals surface area contributed by atoms with Gasteiger partial charge in [0.25, 0.3) is 0 Å². The molecule has 4 aliphatic rings. The second-order valence-electron chi connectivity index (χ2n) is 8.60. The van der Waals surface area contributed by atoms with Gasteiger partial charge in [-0.2, -0.15) is 5.10 Å². The molecule has 2 unspecified atom stereocenters. The highest BCUT2D eigenvalue weighted by Gasteiger charge is 2.56. The predicted molar refractivity (Wildman–Crippen MR) is 93.2 cm³/mol. The zero-order valence-electron chi connectivity index (χ0n) is 14.3. The molecule has 132 valence electrons. The lowest BCUT2D eigenvalue weighted by Crippen LogP contribution is -2.64. The summed E-state index contributed by atoms with van der Waals surface area (Å²) < 4.78 is 13.2. The van der Waals surface area contributed by atoms with Crippen LogP contribution in [0.5, 0.6) is 0 Å². The minimum atomic E-state index is -0.451. The summed E-state index contributed by atoms with van der Waals surface area (Å²) in [6.07, 6.45) is 8.33. The van der Waals surface area contributed by atoms with Crippen LogP contribution in [0.1, 0.15) is 44.1 Å². The Morgan fingerprint density at radius 2 is 1.88 bits per heavy atom. The van der Waals surface area contributed by atoms with E-state index in [0.717, 1.165) is 42.6 Å². The van der Waals surface area contributed by atoms with Gasteiger partial charge in [0.1, 0.15) is 5.82 Å². The van der Waals surface area contributed by atoms with Crippen LogP contribution in [-0.4, -0.2) is 26.4 Å². The van der Waals surface area contributed by atoms with Crippen molar-refractivity contribution in [3.05, 3.63) is 41.8 Å². The van der Waals surface area contributed by atoms with Gasteiger partial charge < -0.3 is 10.4 Å². The molecule has 4 fully saturated rings. The van der Waals surface area contributed by atoms with E-state index in [0.29, 0.717) is 11.8 Å². The first-order valence-corrected chi connectivity index (χ1v) is 9.28. The van der Waals surface area contributed by atoms with Crippen LogP contribution in [0.3, 0.4) is 0 Å². The molecule has 0 radical (unpaired) electrons. The van der Waals surface area contributed by atoms with E-state index in [-0.39, 0.29) is 11.4 Å². The van der Waals surface area contributed by atoms with E-state index in [1.807, 2.05) is 6.20 Å². The zero-order chi connectivity index (χ0) is 17.1. The minimum absolute atomic E-state index is 0.0656. The summed E-state index contributed by atoms with van der Waals surface area (Å²) in [5, 5.41) is 21.9. The largest absolute Gasteiger partial charge is 0.390 e. The fourth-order valence-electron chi connectivity index (χ4n) is 6.02. The Morgan fingerprint density at radius 3 is 2.56 bits per heavy atom. The third kappa shape index (κ3) is 2.70. The third-order valence-corrected chi connectivity index (χ3v) is 6.53. The fourth-order valence-corrected chi connectivity index (χ4v) is 6.02. The maximum Gasteiger partial charge on any atom is 0.123 e. The second kappa shape index (κ2) is 5.39. The molecule has 0 aliphatic heterocycles. The first-order chi connectivity index (χ1) is 12.0. The summed E-state index contributed by atoms with van der Waals surface area (Å²) in [5.41, 5.74) is 2.59. The molecule has 0 amide bonds. The SMILES string of the molecule is OC12CC3CC(C1)CC(NCc1cn[nH]c1-c1ccc(F)cc1)(C3)C2. The van der Waals surface area contributed by atoms with E-state index < -0.39 is 5.60 Å². The molecular formula is C20H24FN3O. The molecule has 2 aromatic rings. The van der Waals surface area contributed by atoms with Crippen LogP contribution in [0.15, 0.2) is 30.5 Å². The maximum atomic E-state index is 13.2. The summed E-state index contributed by atoms with van der Waals surface area (Å²) in [6, 6.07) is 6.50. The summed E-state index contributed by atoms with van der Waals surface area (Å²) in [7, 11) is 0. The fraction of sp³-hybridized carbons (Fsp3) is 0.550. The Bertz CT molecular complexity index is 770. The van der Waals surface area contributed by atoms with Gasteiger partial charge in [0.15, 0.2) is 0 Å². The molecule has 0 saturated heterocycles. The van der Waals surface area contributed by atoms with Crippen molar-refractivity contribution in [1.82, 2.24) is 15.5 Å². The van der Waals surface area contributed by atoms with E-state index in [1.54, 1.807) is 12.1 Å². The molecule has 4 nitrogen and oxygen atoms in total. The Labute approximate surface area is 146 Å². The van der Waals surface area contributed by atoms with Crippen molar-refractivity contribution in [3.63, 3.8) is 0 Å². The Morgan fingerprint density at radius 1 is 1.16 bits per heavy atom. The second-order valence-corrected chi connectivity index (χ2v) is 8.60. The first kappa shape index (κ1) is 15.5. The number of aliphatic hydroxyl groups is 1. The van der Waals surface area contributed by atoms with Crippen molar-refractivity contribution in [2.45, 2.75) is 56.2 Å². The average molecular weight is 341 g/mol. The van der Waals surface area contributed by atoms with Crippen molar-refractivity contribution in [2.24, 2.45) is 11.8 Å². The third-order valence-electron chi connectivity index (χ3n) is 6.53. The van der Waals surface area contributed by atoms with Crippen molar-refractivity contribution >= 4 is 0 Å². The number of hydrogen-bond donors (Lipinski definition) is 3. The number of benzene rings is 1. The number of aromatic nitrogens is 2. The van der Waals surface area contributed by atoms with Gasteiger partial charge in [-0.05, 0) is 74.6 Å². The monoisotopic (exact) mass is 341 g/mol. The topological polar surface area (TPSA) is 60.9 Å². The summed E-state index contributed by atoms with van der Waals surface area (Å²) >= 11 is 0. The smallest absolute Gasteiger partial charge is 0.123 e. The number of H-pyrrole nitrogens is 1. The van der Waals surface area contributed by atoms with E-state index in [4.69, 9.17) is 0 Å². The Balaban J connectivity index is 1.36. The normalized spacial score (nSPS) is 36.1. The molecule has 25 heavy (non-hydrogen) atoms. The van der Waals surface area contributed by atoms with Crippen molar-refractivity contribution < 1.29 is 9.50 Å². The Kier molecular flexibility index (Phi) is 3.35. The zero-order valence-corrected chi connectivity index (χ0v) is 14.3. The summed E-state index contributed by atoms with van der Waals surface area (Å²) in [5.74, 6) is 1.10. The number of aromatic amines is 1. The number of nitrogens with zero attached hydrogens (tertiary/aromatic N) is 1. The van der Waals surface area contributed by atoms with E-state index in [1.165, 1.54) is 31.4 Å². The summed E-state index contributed by atoms with van der Waals surface area (Å²) in [4.78, 5) is 0. The lowest BCUT2D eigenvalue weighted by molar-refractivity contribution is -0.142. The van der Waals surface area contributed by atoms with Crippen molar-refractivity contribution in [1.29, 1.82) is 0 Å². The quantitative estimate of drug-likeness (QED) is 0.799. The van der Waals surface area contributed by atoms with Gasteiger partial charge in [-0.1, -0.05) is 0 Å². The van der Waals surface area contributed by atoms with Crippen LogP contribution in [0.25, 0.3) is 11.3 Å². The van der Waals surface area contributed by atoms with Gasteiger partial charge in [0.2, 0.25) is 0 Å². The van der Waals surface area contributed by atoms with Gasteiger partial charge in [-0.3, -0.25) is 5.10 Å². The van der Waals surface area contributed by atoms with Gasteiger partial charge in [-0.25, -0.2) is 4.39 Å². The summed E-state index contributed by atoms with van der Waals surface area (Å²) in [6.45, 7) is 0.721. The standard InChI is InChI=1S/C20H24FN3O/c21-17-3-1-15(2-4-17)18-16(11-23-24-18)10-22-19-6-13-5-14(7-19)9-20(25,8-13)12-19/h1-4,11,13-14,22,25H,5-10,12H2,(H,23,24). The van der Waals surface area contributed by atoms with Gasteiger partial charge in [-0.15, -0.1) is 0 Å². The minimum Gasteiger partial charge on any atom is -0.390 e. The van der Waals surface area contributed by atoms with Crippen LogP contribution >= 0.6 is 0 Å². The highest BCUT2D eigenvalue weighted by Crippen LogP contribution is 2.57. The van der Waals surface area contributed by atoms with Crippen LogP contribution in [0, 0.1) is 17.7 Å². The van der Waals surface area contributed by atoms with Crippen LogP contribution in [0.2, 0.25) is 0 Å².